The van der Waals surface area contributed by atoms with Gasteiger partial charge in [0.05, 0.1) is 11.0 Å². The topological polar surface area (TPSA) is 66.4 Å². The summed E-state index contributed by atoms with van der Waals surface area (Å²) in [5, 5.41) is 9.08. The lowest BCUT2D eigenvalue weighted by Gasteiger charge is -2.11. The second-order valence-corrected chi connectivity index (χ2v) is 6.06. The standard InChI is InChI=1S/C13H19NO3S/c1-10-4-8-13(9-5-10)18(16,17)14-11(2)6-7-12(3)15/h4-9,11-12,14-15H,1-3H3/b7-6+/t11-,12-/m1/s1. The summed E-state index contributed by atoms with van der Waals surface area (Å²) in [7, 11) is -3.51. The fourth-order valence-electron chi connectivity index (χ4n) is 1.40. The molecule has 0 bridgehead atoms. The van der Waals surface area contributed by atoms with E-state index in [1.807, 2.05) is 6.92 Å². The number of aryl methyl sites for hydroxylation is 1. The molecule has 0 fully saturated rings. The second-order valence-electron chi connectivity index (χ2n) is 4.35. The Bertz CT molecular complexity index is 504. The lowest BCUT2D eigenvalue weighted by Crippen LogP contribution is -2.31. The van der Waals surface area contributed by atoms with E-state index in [2.05, 4.69) is 4.72 Å². The average molecular weight is 269 g/mol. The van der Waals surface area contributed by atoms with Crippen LogP contribution in [-0.2, 0) is 10.0 Å². The van der Waals surface area contributed by atoms with Crippen LogP contribution in [0.5, 0.6) is 0 Å². The van der Waals surface area contributed by atoms with Crippen molar-refractivity contribution in [1.82, 2.24) is 4.72 Å². The van der Waals surface area contributed by atoms with Crippen LogP contribution in [0.1, 0.15) is 19.4 Å². The summed E-state index contributed by atoms with van der Waals surface area (Å²) in [4.78, 5) is 0.241. The van der Waals surface area contributed by atoms with E-state index in [9.17, 15) is 8.42 Å². The van der Waals surface area contributed by atoms with Crippen molar-refractivity contribution < 1.29 is 13.5 Å². The van der Waals surface area contributed by atoms with Gasteiger partial charge in [0.25, 0.3) is 0 Å². The van der Waals surface area contributed by atoms with Gasteiger partial charge in [-0.2, -0.15) is 0 Å². The Kier molecular flexibility index (Phi) is 5.07. The predicted octanol–water partition coefficient (Wildman–Crippen LogP) is 1.60. The van der Waals surface area contributed by atoms with Gasteiger partial charge in [-0.25, -0.2) is 13.1 Å². The molecular formula is C13H19NO3S. The van der Waals surface area contributed by atoms with E-state index in [1.165, 1.54) is 0 Å². The van der Waals surface area contributed by atoms with Crippen LogP contribution in [0.15, 0.2) is 41.3 Å². The molecule has 0 spiro atoms. The molecular weight excluding hydrogens is 250 g/mol. The molecule has 2 N–H and O–H groups in total. The van der Waals surface area contributed by atoms with Gasteiger partial charge >= 0.3 is 0 Å². The van der Waals surface area contributed by atoms with Gasteiger partial charge in [0, 0.05) is 6.04 Å². The first-order chi connectivity index (χ1) is 8.31. The number of benzene rings is 1. The monoisotopic (exact) mass is 269 g/mol. The number of aliphatic hydroxyl groups is 1. The van der Waals surface area contributed by atoms with Gasteiger partial charge in [-0.15, -0.1) is 0 Å². The summed E-state index contributed by atoms with van der Waals surface area (Å²) in [5.41, 5.74) is 1.01. The smallest absolute Gasteiger partial charge is 0.241 e. The highest BCUT2D eigenvalue weighted by atomic mass is 32.2. The molecule has 1 aromatic rings. The van der Waals surface area contributed by atoms with Crippen molar-refractivity contribution in [3.63, 3.8) is 0 Å². The summed E-state index contributed by atoms with van der Waals surface area (Å²) in [6, 6.07) is 6.28. The first-order valence-electron chi connectivity index (χ1n) is 5.76. The maximum absolute atomic E-state index is 12.0. The summed E-state index contributed by atoms with van der Waals surface area (Å²) < 4.78 is 26.5. The number of nitrogens with one attached hydrogen (secondary N) is 1. The van der Waals surface area contributed by atoms with E-state index in [0.29, 0.717) is 0 Å². The minimum absolute atomic E-state index is 0.241. The minimum Gasteiger partial charge on any atom is -0.389 e. The second kappa shape index (κ2) is 6.13. The van der Waals surface area contributed by atoms with Crippen LogP contribution in [0, 0.1) is 6.92 Å². The number of hydrogen-bond donors (Lipinski definition) is 2. The molecule has 0 saturated heterocycles. The molecule has 0 radical (unpaired) electrons. The molecule has 0 aromatic heterocycles. The normalized spacial score (nSPS) is 15.8. The predicted molar refractivity (Wildman–Crippen MR) is 71.8 cm³/mol. The van der Waals surface area contributed by atoms with Crippen molar-refractivity contribution in [1.29, 1.82) is 0 Å². The molecule has 0 unspecified atom stereocenters. The number of rotatable bonds is 5. The van der Waals surface area contributed by atoms with Crippen LogP contribution < -0.4 is 4.72 Å². The molecule has 18 heavy (non-hydrogen) atoms. The third-order valence-corrected chi connectivity index (χ3v) is 3.93. The SMILES string of the molecule is Cc1ccc(S(=O)(=O)N[C@H](C)/C=C/[C@@H](C)O)cc1. The van der Waals surface area contributed by atoms with Gasteiger partial charge in [-0.05, 0) is 32.9 Å². The van der Waals surface area contributed by atoms with Crippen LogP contribution in [0.3, 0.4) is 0 Å². The number of aliphatic hydroxyl groups excluding tert-OH is 1. The van der Waals surface area contributed by atoms with Crippen LogP contribution >= 0.6 is 0 Å². The van der Waals surface area contributed by atoms with Crippen molar-refractivity contribution in [2.24, 2.45) is 0 Å². The lowest BCUT2D eigenvalue weighted by molar-refractivity contribution is 0.243. The van der Waals surface area contributed by atoms with Gasteiger partial charge in [0.1, 0.15) is 0 Å². The molecule has 4 nitrogen and oxygen atoms in total. The van der Waals surface area contributed by atoms with Crippen molar-refractivity contribution in [2.75, 3.05) is 0 Å². The van der Waals surface area contributed by atoms with Crippen LogP contribution in [0.4, 0.5) is 0 Å². The van der Waals surface area contributed by atoms with Crippen molar-refractivity contribution >= 4 is 10.0 Å². The third kappa shape index (κ3) is 4.60. The maximum Gasteiger partial charge on any atom is 0.241 e. The zero-order chi connectivity index (χ0) is 13.8. The van der Waals surface area contributed by atoms with Crippen molar-refractivity contribution in [2.45, 2.75) is 37.8 Å². The van der Waals surface area contributed by atoms with Crippen molar-refractivity contribution in [3.05, 3.63) is 42.0 Å². The van der Waals surface area contributed by atoms with E-state index in [-0.39, 0.29) is 10.9 Å². The molecule has 0 heterocycles. The zero-order valence-electron chi connectivity index (χ0n) is 10.8. The van der Waals surface area contributed by atoms with Gasteiger partial charge < -0.3 is 5.11 Å². The first-order valence-corrected chi connectivity index (χ1v) is 7.25. The first kappa shape index (κ1) is 14.9. The number of sulfonamides is 1. The Morgan fingerprint density at radius 2 is 1.72 bits per heavy atom. The zero-order valence-corrected chi connectivity index (χ0v) is 11.6. The summed E-state index contributed by atoms with van der Waals surface area (Å²) in [6.07, 6.45) is 2.58. The van der Waals surface area contributed by atoms with E-state index in [4.69, 9.17) is 5.11 Å². The Balaban J connectivity index is 2.79. The van der Waals surface area contributed by atoms with Crippen LogP contribution in [0.2, 0.25) is 0 Å². The average Bonchev–Trinajstić information content (AvgIpc) is 2.26. The molecule has 5 heteroatoms. The maximum atomic E-state index is 12.0. The van der Waals surface area contributed by atoms with Gasteiger partial charge in [-0.3, -0.25) is 0 Å². The highest BCUT2D eigenvalue weighted by molar-refractivity contribution is 7.89. The summed E-state index contributed by atoms with van der Waals surface area (Å²) >= 11 is 0. The van der Waals surface area contributed by atoms with Crippen LogP contribution in [-0.4, -0.2) is 25.7 Å². The molecule has 2 atom stereocenters. The Hall–Kier alpha value is -1.17. The van der Waals surface area contributed by atoms with Gasteiger partial charge in [0.2, 0.25) is 10.0 Å². The highest BCUT2D eigenvalue weighted by Crippen LogP contribution is 2.10. The molecule has 0 aliphatic carbocycles. The van der Waals surface area contributed by atoms with Crippen LogP contribution in [0.25, 0.3) is 0 Å². The highest BCUT2D eigenvalue weighted by Gasteiger charge is 2.15. The minimum atomic E-state index is -3.51. The molecule has 0 aliphatic heterocycles. The molecule has 100 valence electrons. The molecule has 1 rings (SSSR count). The number of hydrogen-bond acceptors (Lipinski definition) is 3. The lowest BCUT2D eigenvalue weighted by atomic mass is 10.2. The molecule has 0 saturated carbocycles. The van der Waals surface area contributed by atoms with E-state index in [1.54, 1.807) is 50.3 Å². The van der Waals surface area contributed by atoms with Gasteiger partial charge in [-0.1, -0.05) is 29.8 Å². The molecule has 0 amide bonds. The fraction of sp³-hybridized carbons (Fsp3) is 0.385. The van der Waals surface area contributed by atoms with E-state index >= 15 is 0 Å². The Morgan fingerprint density at radius 3 is 2.22 bits per heavy atom. The third-order valence-electron chi connectivity index (χ3n) is 2.35. The summed E-state index contributed by atoms with van der Waals surface area (Å²) in [6.45, 7) is 5.22. The fourth-order valence-corrected chi connectivity index (χ4v) is 2.60. The van der Waals surface area contributed by atoms with Gasteiger partial charge in [0.15, 0.2) is 0 Å². The Morgan fingerprint density at radius 1 is 1.17 bits per heavy atom. The van der Waals surface area contributed by atoms with Crippen molar-refractivity contribution in [3.8, 4) is 0 Å². The molecule has 0 aliphatic rings. The Labute approximate surface area is 108 Å². The molecule has 1 aromatic carbocycles. The van der Waals surface area contributed by atoms with E-state index in [0.717, 1.165) is 5.56 Å². The quantitative estimate of drug-likeness (QED) is 0.798. The largest absolute Gasteiger partial charge is 0.389 e. The summed E-state index contributed by atoms with van der Waals surface area (Å²) in [5.74, 6) is 0. The van der Waals surface area contributed by atoms with E-state index < -0.39 is 16.1 Å².